The normalized spacial score (nSPS) is 11.4. The van der Waals surface area contributed by atoms with Gasteiger partial charge in [-0.2, -0.15) is 13.2 Å². The zero-order valence-electron chi connectivity index (χ0n) is 9.58. The molecule has 1 N–H and O–H groups in total. The molecule has 0 aliphatic rings. The summed E-state index contributed by atoms with van der Waals surface area (Å²) in [6.07, 6.45) is -1.40. The molecule has 0 fully saturated rings. The lowest BCUT2D eigenvalue weighted by molar-refractivity contribution is -0.137. The fraction of sp³-hybridized carbons (Fsp3) is 0.167. The van der Waals surface area contributed by atoms with Gasteiger partial charge < -0.3 is 5.32 Å². The van der Waals surface area contributed by atoms with Crippen molar-refractivity contribution in [3.05, 3.63) is 52.9 Å². The lowest BCUT2D eigenvalue weighted by Crippen LogP contribution is -2.06. The molecule has 7 heteroatoms. The Kier molecular flexibility index (Phi) is 3.90. The number of aromatic nitrogens is 2. The average Bonchev–Trinajstić information content (AvgIpc) is 2.37. The summed E-state index contributed by atoms with van der Waals surface area (Å²) in [6.45, 7) is 0.316. The summed E-state index contributed by atoms with van der Waals surface area (Å²) >= 11 is 5.79. The quantitative estimate of drug-likeness (QED) is 0.934. The number of halogens is 4. The molecule has 0 aliphatic heterocycles. The van der Waals surface area contributed by atoms with E-state index in [2.05, 4.69) is 15.3 Å². The maximum Gasteiger partial charge on any atom is 0.416 e. The Morgan fingerprint density at radius 3 is 2.26 bits per heavy atom. The molecule has 0 saturated carbocycles. The van der Waals surface area contributed by atoms with E-state index in [0.29, 0.717) is 17.9 Å². The van der Waals surface area contributed by atoms with Crippen molar-refractivity contribution in [1.29, 1.82) is 0 Å². The van der Waals surface area contributed by atoms with Crippen LogP contribution >= 0.6 is 11.6 Å². The Morgan fingerprint density at radius 2 is 1.68 bits per heavy atom. The second-order valence-electron chi connectivity index (χ2n) is 3.74. The van der Waals surface area contributed by atoms with E-state index < -0.39 is 11.7 Å². The van der Waals surface area contributed by atoms with Crippen LogP contribution in [0.2, 0.25) is 5.15 Å². The first kappa shape index (κ1) is 13.6. The molecule has 0 radical (unpaired) electrons. The van der Waals surface area contributed by atoms with Gasteiger partial charge in [-0.3, -0.25) is 0 Å². The average molecular weight is 288 g/mol. The highest BCUT2D eigenvalue weighted by Gasteiger charge is 2.29. The highest BCUT2D eigenvalue weighted by atomic mass is 35.5. The van der Waals surface area contributed by atoms with Crippen LogP contribution in [0.1, 0.15) is 11.1 Å². The van der Waals surface area contributed by atoms with E-state index in [0.717, 1.165) is 12.1 Å². The van der Waals surface area contributed by atoms with Crippen molar-refractivity contribution in [2.24, 2.45) is 0 Å². The van der Waals surface area contributed by atoms with Crippen LogP contribution in [-0.2, 0) is 12.7 Å². The minimum absolute atomic E-state index is 0.217. The fourth-order valence-electron chi connectivity index (χ4n) is 1.44. The van der Waals surface area contributed by atoms with Crippen LogP contribution in [0.5, 0.6) is 0 Å². The predicted octanol–water partition coefficient (Wildman–Crippen LogP) is 3.76. The molecule has 0 spiro atoms. The number of benzene rings is 1. The van der Waals surface area contributed by atoms with Crippen molar-refractivity contribution in [2.75, 3.05) is 5.32 Å². The summed E-state index contributed by atoms with van der Waals surface area (Å²) in [6, 6.07) is 4.88. The molecule has 100 valence electrons. The number of anilines is 1. The van der Waals surface area contributed by atoms with Crippen molar-refractivity contribution in [3.63, 3.8) is 0 Å². The van der Waals surface area contributed by atoms with E-state index in [-0.39, 0.29) is 5.15 Å². The number of hydrogen-bond donors (Lipinski definition) is 1. The summed E-state index contributed by atoms with van der Waals surface area (Å²) in [5.74, 6) is 0.393. The predicted molar refractivity (Wildman–Crippen MR) is 65.8 cm³/mol. The van der Waals surface area contributed by atoms with Crippen molar-refractivity contribution in [1.82, 2.24) is 9.97 Å². The van der Waals surface area contributed by atoms with Crippen molar-refractivity contribution >= 4 is 17.4 Å². The largest absolute Gasteiger partial charge is 0.416 e. The van der Waals surface area contributed by atoms with Gasteiger partial charge in [0.15, 0.2) is 11.0 Å². The molecule has 1 aromatic carbocycles. The summed E-state index contributed by atoms with van der Waals surface area (Å²) in [5.41, 5.74) is 0.0171. The van der Waals surface area contributed by atoms with Gasteiger partial charge in [-0.1, -0.05) is 23.7 Å². The number of nitrogens with one attached hydrogen (secondary N) is 1. The number of alkyl halides is 3. The minimum atomic E-state index is -4.32. The molecule has 0 aliphatic carbocycles. The summed E-state index contributed by atoms with van der Waals surface area (Å²) in [7, 11) is 0. The number of nitrogens with zero attached hydrogens (tertiary/aromatic N) is 2. The van der Waals surface area contributed by atoms with E-state index >= 15 is 0 Å². The smallest absolute Gasteiger partial charge is 0.363 e. The Balaban J connectivity index is 2.03. The van der Waals surface area contributed by atoms with E-state index in [9.17, 15) is 13.2 Å². The van der Waals surface area contributed by atoms with Crippen LogP contribution in [0.3, 0.4) is 0 Å². The first-order chi connectivity index (χ1) is 8.97. The SMILES string of the molecule is FC(F)(F)c1ccc(CNc2nccnc2Cl)cc1. The van der Waals surface area contributed by atoms with E-state index in [1.54, 1.807) is 0 Å². The van der Waals surface area contributed by atoms with Gasteiger partial charge in [0.25, 0.3) is 0 Å². The van der Waals surface area contributed by atoms with E-state index in [4.69, 9.17) is 11.6 Å². The maximum absolute atomic E-state index is 12.4. The van der Waals surface area contributed by atoms with Gasteiger partial charge in [-0.05, 0) is 17.7 Å². The van der Waals surface area contributed by atoms with Crippen LogP contribution in [0.4, 0.5) is 19.0 Å². The maximum atomic E-state index is 12.4. The molecular formula is C12H9ClF3N3. The Morgan fingerprint density at radius 1 is 1.05 bits per heavy atom. The monoisotopic (exact) mass is 287 g/mol. The fourth-order valence-corrected chi connectivity index (χ4v) is 1.61. The van der Waals surface area contributed by atoms with Gasteiger partial charge >= 0.3 is 6.18 Å². The van der Waals surface area contributed by atoms with Crippen LogP contribution in [0.25, 0.3) is 0 Å². The summed E-state index contributed by atoms with van der Waals surface area (Å²) in [5, 5.41) is 3.12. The second kappa shape index (κ2) is 5.44. The van der Waals surface area contributed by atoms with E-state index in [1.807, 2.05) is 0 Å². The van der Waals surface area contributed by atoms with Crippen LogP contribution in [0, 0.1) is 0 Å². The molecule has 3 nitrogen and oxygen atoms in total. The highest BCUT2D eigenvalue weighted by Crippen LogP contribution is 2.29. The third-order valence-corrected chi connectivity index (χ3v) is 2.67. The van der Waals surface area contributed by atoms with Gasteiger partial charge in [0.1, 0.15) is 0 Å². The molecule has 0 bridgehead atoms. The molecule has 0 amide bonds. The first-order valence-electron chi connectivity index (χ1n) is 5.33. The molecular weight excluding hydrogens is 279 g/mol. The molecule has 2 rings (SSSR count). The van der Waals surface area contributed by atoms with Crippen molar-refractivity contribution < 1.29 is 13.2 Å². The van der Waals surface area contributed by atoms with Crippen molar-refractivity contribution in [2.45, 2.75) is 12.7 Å². The molecule has 0 atom stereocenters. The highest BCUT2D eigenvalue weighted by molar-refractivity contribution is 6.31. The van der Waals surface area contributed by atoms with Gasteiger partial charge in [-0.15, -0.1) is 0 Å². The van der Waals surface area contributed by atoms with Gasteiger partial charge in [0.05, 0.1) is 5.56 Å². The Hall–Kier alpha value is -1.82. The first-order valence-corrected chi connectivity index (χ1v) is 5.71. The molecule has 0 saturated heterocycles. The van der Waals surface area contributed by atoms with Gasteiger partial charge in [-0.25, -0.2) is 9.97 Å². The summed E-state index contributed by atoms with van der Waals surface area (Å²) < 4.78 is 37.1. The number of hydrogen-bond acceptors (Lipinski definition) is 3. The topological polar surface area (TPSA) is 37.8 Å². The van der Waals surface area contributed by atoms with E-state index in [1.165, 1.54) is 24.5 Å². The zero-order valence-corrected chi connectivity index (χ0v) is 10.3. The standard InChI is InChI=1S/C12H9ClF3N3/c13-10-11(18-6-5-17-10)19-7-8-1-3-9(4-2-8)12(14,15)16/h1-6H,7H2,(H,18,19). The molecule has 19 heavy (non-hydrogen) atoms. The lowest BCUT2D eigenvalue weighted by atomic mass is 10.1. The van der Waals surface area contributed by atoms with Crippen LogP contribution in [-0.4, -0.2) is 9.97 Å². The molecule has 1 aromatic heterocycles. The molecule has 0 unspecified atom stereocenters. The third-order valence-electron chi connectivity index (χ3n) is 2.39. The molecule has 2 aromatic rings. The molecule has 1 heterocycles. The third kappa shape index (κ3) is 3.57. The van der Waals surface area contributed by atoms with Crippen molar-refractivity contribution in [3.8, 4) is 0 Å². The van der Waals surface area contributed by atoms with Gasteiger partial charge in [0, 0.05) is 18.9 Å². The van der Waals surface area contributed by atoms with Gasteiger partial charge in [0.2, 0.25) is 0 Å². The van der Waals surface area contributed by atoms with Crippen LogP contribution in [0.15, 0.2) is 36.7 Å². The summed E-state index contributed by atoms with van der Waals surface area (Å²) in [4.78, 5) is 7.79. The van der Waals surface area contributed by atoms with Crippen LogP contribution < -0.4 is 5.32 Å². The Labute approximate surface area is 112 Å². The number of rotatable bonds is 3. The second-order valence-corrected chi connectivity index (χ2v) is 4.10. The zero-order chi connectivity index (χ0) is 13.9. The minimum Gasteiger partial charge on any atom is -0.363 e. The lowest BCUT2D eigenvalue weighted by Gasteiger charge is -2.09. The Bertz CT molecular complexity index is 555.